The van der Waals surface area contributed by atoms with Gasteiger partial charge in [0.15, 0.2) is 5.82 Å². The molecule has 0 aliphatic rings. The van der Waals surface area contributed by atoms with Crippen LogP contribution in [0.5, 0.6) is 0 Å². The minimum Gasteiger partial charge on any atom is -0.375 e. The molecule has 0 radical (unpaired) electrons. The molecule has 108 valence electrons. The fourth-order valence-corrected chi connectivity index (χ4v) is 2.48. The van der Waals surface area contributed by atoms with Gasteiger partial charge in [0.05, 0.1) is 11.4 Å². The summed E-state index contributed by atoms with van der Waals surface area (Å²) in [7, 11) is 3.14. The smallest absolute Gasteiger partial charge is 0.346 e. The predicted molar refractivity (Wildman–Crippen MR) is 75.7 cm³/mol. The molecule has 0 unspecified atom stereocenters. The van der Waals surface area contributed by atoms with E-state index in [1.807, 2.05) is 17.5 Å². The standard InChI is InChI=1S/C12H16N4O3S/c1-15-11(9-4-3-7-20-9)14-16(12(15)18)6-5-13-10(17)8-19-2/h3-4,7H,5-6,8H2,1-2H3,(H,13,17). The maximum Gasteiger partial charge on any atom is 0.346 e. The lowest BCUT2D eigenvalue weighted by Crippen LogP contribution is -2.33. The zero-order valence-electron chi connectivity index (χ0n) is 11.3. The van der Waals surface area contributed by atoms with Gasteiger partial charge in [-0.2, -0.15) is 0 Å². The second-order valence-electron chi connectivity index (χ2n) is 4.15. The van der Waals surface area contributed by atoms with E-state index in [9.17, 15) is 9.59 Å². The number of hydrogen-bond acceptors (Lipinski definition) is 5. The SMILES string of the molecule is COCC(=O)NCCn1nc(-c2cccs2)n(C)c1=O. The summed E-state index contributed by atoms with van der Waals surface area (Å²) in [5, 5.41) is 8.88. The number of nitrogens with one attached hydrogen (secondary N) is 1. The average molecular weight is 296 g/mol. The quantitative estimate of drug-likeness (QED) is 0.818. The lowest BCUT2D eigenvalue weighted by Gasteiger charge is -2.03. The summed E-state index contributed by atoms with van der Waals surface area (Å²) in [6, 6.07) is 3.83. The number of carbonyl (C=O) groups excluding carboxylic acids is 1. The lowest BCUT2D eigenvalue weighted by atomic mass is 10.4. The molecule has 2 aromatic rings. The molecule has 2 aromatic heterocycles. The van der Waals surface area contributed by atoms with Crippen molar-refractivity contribution in [2.24, 2.45) is 7.05 Å². The second-order valence-corrected chi connectivity index (χ2v) is 5.10. The third-order valence-corrected chi connectivity index (χ3v) is 3.57. The Bertz CT molecular complexity index is 630. The lowest BCUT2D eigenvalue weighted by molar-refractivity contribution is -0.124. The van der Waals surface area contributed by atoms with Gasteiger partial charge in [-0.3, -0.25) is 9.36 Å². The number of methoxy groups -OCH3 is 1. The normalized spacial score (nSPS) is 10.7. The number of amides is 1. The largest absolute Gasteiger partial charge is 0.375 e. The number of ether oxygens (including phenoxy) is 1. The van der Waals surface area contributed by atoms with Gasteiger partial charge in [0.25, 0.3) is 0 Å². The molecule has 1 amide bonds. The molecule has 2 rings (SSSR count). The number of thiophene rings is 1. The fraction of sp³-hybridized carbons (Fsp3) is 0.417. The minimum atomic E-state index is -0.213. The van der Waals surface area contributed by atoms with Crippen molar-refractivity contribution in [2.75, 3.05) is 20.3 Å². The van der Waals surface area contributed by atoms with Crippen molar-refractivity contribution in [1.29, 1.82) is 0 Å². The van der Waals surface area contributed by atoms with Gasteiger partial charge in [-0.1, -0.05) is 6.07 Å². The van der Waals surface area contributed by atoms with Gasteiger partial charge in [0.1, 0.15) is 6.61 Å². The zero-order valence-corrected chi connectivity index (χ0v) is 12.1. The number of rotatable bonds is 6. The van der Waals surface area contributed by atoms with Gasteiger partial charge in [0.2, 0.25) is 5.91 Å². The number of hydrogen-bond donors (Lipinski definition) is 1. The van der Waals surface area contributed by atoms with Gasteiger partial charge >= 0.3 is 5.69 Å². The van der Waals surface area contributed by atoms with Gasteiger partial charge in [-0.15, -0.1) is 16.4 Å². The molecular formula is C12H16N4O3S. The van der Waals surface area contributed by atoms with Crippen LogP contribution < -0.4 is 11.0 Å². The first-order valence-electron chi connectivity index (χ1n) is 6.07. The molecule has 7 nitrogen and oxygen atoms in total. The Morgan fingerprint density at radius 1 is 1.55 bits per heavy atom. The number of nitrogens with zero attached hydrogens (tertiary/aromatic N) is 3. The van der Waals surface area contributed by atoms with Gasteiger partial charge in [-0.05, 0) is 11.4 Å². The minimum absolute atomic E-state index is 0.0115. The van der Waals surface area contributed by atoms with Crippen LogP contribution in [0.25, 0.3) is 10.7 Å². The van der Waals surface area contributed by atoms with Crippen molar-refractivity contribution in [3.8, 4) is 10.7 Å². The highest BCUT2D eigenvalue weighted by atomic mass is 32.1. The van der Waals surface area contributed by atoms with Gasteiger partial charge < -0.3 is 10.1 Å². The van der Waals surface area contributed by atoms with Gasteiger partial charge in [0, 0.05) is 20.7 Å². The highest BCUT2D eigenvalue weighted by molar-refractivity contribution is 7.13. The first kappa shape index (κ1) is 14.5. The van der Waals surface area contributed by atoms with Crippen LogP contribution in [0.1, 0.15) is 0 Å². The van der Waals surface area contributed by atoms with E-state index in [1.54, 1.807) is 7.05 Å². The molecule has 0 saturated carbocycles. The Kier molecular flexibility index (Phi) is 4.70. The van der Waals surface area contributed by atoms with Crippen LogP contribution in [-0.2, 0) is 23.1 Å². The molecule has 0 aliphatic carbocycles. The maximum atomic E-state index is 12.0. The molecule has 0 atom stereocenters. The number of carbonyl (C=O) groups is 1. The number of aromatic nitrogens is 3. The molecule has 20 heavy (non-hydrogen) atoms. The molecule has 0 bridgehead atoms. The van der Waals surface area contributed by atoms with E-state index in [0.717, 1.165) is 4.88 Å². The van der Waals surface area contributed by atoms with E-state index < -0.39 is 0 Å². The Balaban J connectivity index is 2.05. The summed E-state index contributed by atoms with van der Waals surface area (Å²) in [6.45, 7) is 0.675. The van der Waals surface area contributed by atoms with Crippen molar-refractivity contribution in [3.05, 3.63) is 28.0 Å². The zero-order chi connectivity index (χ0) is 14.5. The Morgan fingerprint density at radius 2 is 2.35 bits per heavy atom. The summed E-state index contributed by atoms with van der Waals surface area (Å²) in [5.74, 6) is 0.420. The monoisotopic (exact) mass is 296 g/mol. The summed E-state index contributed by atoms with van der Waals surface area (Å²) in [4.78, 5) is 24.2. The molecule has 0 aliphatic heterocycles. The fourth-order valence-electron chi connectivity index (χ4n) is 1.74. The highest BCUT2D eigenvalue weighted by Gasteiger charge is 2.12. The van der Waals surface area contributed by atoms with E-state index in [0.29, 0.717) is 18.9 Å². The first-order chi connectivity index (χ1) is 9.63. The van der Waals surface area contributed by atoms with Crippen LogP contribution in [0.4, 0.5) is 0 Å². The van der Waals surface area contributed by atoms with Crippen molar-refractivity contribution in [3.63, 3.8) is 0 Å². The van der Waals surface area contributed by atoms with Crippen LogP contribution in [0, 0.1) is 0 Å². The van der Waals surface area contributed by atoms with Crippen molar-refractivity contribution < 1.29 is 9.53 Å². The topological polar surface area (TPSA) is 78.2 Å². The van der Waals surface area contributed by atoms with Crippen molar-refractivity contribution in [1.82, 2.24) is 19.7 Å². The van der Waals surface area contributed by atoms with Crippen molar-refractivity contribution >= 4 is 17.2 Å². The van der Waals surface area contributed by atoms with E-state index in [4.69, 9.17) is 4.74 Å². The third-order valence-electron chi connectivity index (χ3n) is 2.70. The third kappa shape index (κ3) is 3.14. The van der Waals surface area contributed by atoms with E-state index >= 15 is 0 Å². The Labute approximate surface area is 119 Å². The summed E-state index contributed by atoms with van der Waals surface area (Å²) in [5.41, 5.74) is -0.200. The molecule has 0 saturated heterocycles. The predicted octanol–water partition coefficient (Wildman–Crippen LogP) is 0.0729. The van der Waals surface area contributed by atoms with Crippen LogP contribution >= 0.6 is 11.3 Å². The Hall–Kier alpha value is -1.93. The van der Waals surface area contributed by atoms with E-state index in [2.05, 4.69) is 10.4 Å². The van der Waals surface area contributed by atoms with E-state index in [1.165, 1.54) is 27.7 Å². The van der Waals surface area contributed by atoms with Crippen LogP contribution in [0.2, 0.25) is 0 Å². The summed E-state index contributed by atoms with van der Waals surface area (Å²) >= 11 is 1.53. The summed E-state index contributed by atoms with van der Waals surface area (Å²) in [6.07, 6.45) is 0. The van der Waals surface area contributed by atoms with Crippen LogP contribution in [0.15, 0.2) is 22.3 Å². The second kappa shape index (κ2) is 6.49. The molecule has 0 spiro atoms. The molecular weight excluding hydrogens is 280 g/mol. The highest BCUT2D eigenvalue weighted by Crippen LogP contribution is 2.20. The van der Waals surface area contributed by atoms with Crippen LogP contribution in [-0.4, -0.2) is 40.5 Å². The first-order valence-corrected chi connectivity index (χ1v) is 6.94. The average Bonchev–Trinajstić information content (AvgIpc) is 3.02. The molecule has 0 aromatic carbocycles. The van der Waals surface area contributed by atoms with Crippen molar-refractivity contribution in [2.45, 2.75) is 6.54 Å². The molecule has 0 fully saturated rings. The molecule has 2 heterocycles. The van der Waals surface area contributed by atoms with Crippen LogP contribution in [0.3, 0.4) is 0 Å². The maximum absolute atomic E-state index is 12.0. The molecule has 1 N–H and O–H groups in total. The summed E-state index contributed by atoms with van der Waals surface area (Å²) < 4.78 is 7.56. The van der Waals surface area contributed by atoms with Gasteiger partial charge in [-0.25, -0.2) is 9.48 Å². The van der Waals surface area contributed by atoms with E-state index in [-0.39, 0.29) is 18.2 Å². The molecule has 8 heteroatoms. The Morgan fingerprint density at radius 3 is 3.00 bits per heavy atom.